The largest absolute Gasteiger partial charge is 0.396 e. The highest BCUT2D eigenvalue weighted by Crippen LogP contribution is 2.28. The summed E-state index contributed by atoms with van der Waals surface area (Å²) in [7, 11) is 0. The van der Waals surface area contributed by atoms with Crippen LogP contribution in [0.15, 0.2) is 47.6 Å². The van der Waals surface area contributed by atoms with E-state index in [2.05, 4.69) is 32.6 Å². The van der Waals surface area contributed by atoms with Gasteiger partial charge in [0.25, 0.3) is 0 Å². The second-order valence-corrected chi connectivity index (χ2v) is 7.09. The maximum Gasteiger partial charge on any atom is 0.191 e. The maximum atomic E-state index is 9.72. The molecular formula is C21H32IN5O. The van der Waals surface area contributed by atoms with E-state index in [0.717, 1.165) is 23.8 Å². The molecule has 1 saturated carbocycles. The summed E-state index contributed by atoms with van der Waals surface area (Å²) in [5, 5.41) is 21.0. The topological polar surface area (TPSA) is 74.5 Å². The minimum absolute atomic E-state index is 0. The molecule has 0 bridgehead atoms. The van der Waals surface area contributed by atoms with Crippen LogP contribution in [0.1, 0.15) is 55.8 Å². The Balaban J connectivity index is 0.00000280. The second-order valence-electron chi connectivity index (χ2n) is 7.09. The Kier molecular flexibility index (Phi) is 9.77. The summed E-state index contributed by atoms with van der Waals surface area (Å²) in [6, 6.07) is 12.7. The minimum atomic E-state index is 0. The number of hydrogen-bond donors (Lipinski definition) is 3. The van der Waals surface area contributed by atoms with Crippen LogP contribution in [0, 0.1) is 0 Å². The van der Waals surface area contributed by atoms with Crippen LogP contribution in [0.4, 0.5) is 0 Å². The zero-order chi connectivity index (χ0) is 18.9. The van der Waals surface area contributed by atoms with Gasteiger partial charge in [0.15, 0.2) is 5.96 Å². The molecule has 1 atom stereocenters. The third-order valence-corrected chi connectivity index (χ3v) is 5.11. The van der Waals surface area contributed by atoms with E-state index in [4.69, 9.17) is 5.10 Å². The van der Waals surface area contributed by atoms with Crippen molar-refractivity contribution in [2.75, 3.05) is 19.7 Å². The third kappa shape index (κ3) is 6.48. The van der Waals surface area contributed by atoms with E-state index in [1.54, 1.807) is 0 Å². The smallest absolute Gasteiger partial charge is 0.191 e. The standard InChI is InChI=1S/C21H31N5O.HI/c1-2-22-21(23-14-18(16-27)17-8-4-3-5-9-17)24-15-19-12-13-26(25-19)20-10-6-7-11-20;/h3-5,8-9,12-13,18,20,27H,2,6-7,10-11,14-16H2,1H3,(H2,22,23,24);1H. The van der Waals surface area contributed by atoms with Gasteiger partial charge >= 0.3 is 0 Å². The molecule has 1 unspecified atom stereocenters. The van der Waals surface area contributed by atoms with Crippen molar-refractivity contribution in [2.45, 2.75) is 51.1 Å². The number of aliphatic imine (C=N–C) groups is 1. The Bertz CT molecular complexity index is 713. The summed E-state index contributed by atoms with van der Waals surface area (Å²) < 4.78 is 2.11. The van der Waals surface area contributed by atoms with Gasteiger partial charge in [-0.25, -0.2) is 4.99 Å². The molecule has 3 rings (SSSR count). The fourth-order valence-corrected chi connectivity index (χ4v) is 3.57. The molecule has 28 heavy (non-hydrogen) atoms. The van der Waals surface area contributed by atoms with Gasteiger partial charge in [0.05, 0.1) is 24.9 Å². The molecule has 154 valence electrons. The van der Waals surface area contributed by atoms with Gasteiger partial charge in [-0.15, -0.1) is 24.0 Å². The molecule has 2 aromatic rings. The Morgan fingerprint density at radius 1 is 1.21 bits per heavy atom. The van der Waals surface area contributed by atoms with Gasteiger partial charge in [0, 0.05) is 25.2 Å². The Morgan fingerprint density at radius 3 is 2.64 bits per heavy atom. The van der Waals surface area contributed by atoms with Crippen molar-refractivity contribution in [1.29, 1.82) is 0 Å². The lowest BCUT2D eigenvalue weighted by Gasteiger charge is -2.18. The molecule has 0 radical (unpaired) electrons. The van der Waals surface area contributed by atoms with Crippen molar-refractivity contribution in [2.24, 2.45) is 4.99 Å². The molecule has 0 spiro atoms. The van der Waals surface area contributed by atoms with Gasteiger partial charge in [-0.05, 0) is 31.4 Å². The summed E-state index contributed by atoms with van der Waals surface area (Å²) in [6.45, 7) is 4.11. The number of aromatic nitrogens is 2. The number of aliphatic hydroxyl groups is 1. The fourth-order valence-electron chi connectivity index (χ4n) is 3.57. The zero-order valence-corrected chi connectivity index (χ0v) is 18.9. The third-order valence-electron chi connectivity index (χ3n) is 5.11. The first-order valence-corrected chi connectivity index (χ1v) is 10.0. The summed E-state index contributed by atoms with van der Waals surface area (Å²) in [6.07, 6.45) is 7.16. The van der Waals surface area contributed by atoms with E-state index in [1.165, 1.54) is 25.7 Å². The van der Waals surface area contributed by atoms with Crippen molar-refractivity contribution in [3.63, 3.8) is 0 Å². The maximum absolute atomic E-state index is 9.72. The lowest BCUT2D eigenvalue weighted by atomic mass is 10.0. The van der Waals surface area contributed by atoms with Crippen LogP contribution in [0.25, 0.3) is 0 Å². The average molecular weight is 497 g/mol. The highest BCUT2D eigenvalue weighted by atomic mass is 127. The van der Waals surface area contributed by atoms with Crippen molar-refractivity contribution < 1.29 is 5.11 Å². The monoisotopic (exact) mass is 497 g/mol. The van der Waals surface area contributed by atoms with Crippen LogP contribution >= 0.6 is 24.0 Å². The van der Waals surface area contributed by atoms with Crippen molar-refractivity contribution in [1.82, 2.24) is 20.4 Å². The number of halogens is 1. The van der Waals surface area contributed by atoms with Crippen LogP contribution in [-0.2, 0) is 6.54 Å². The van der Waals surface area contributed by atoms with Gasteiger partial charge in [0.1, 0.15) is 0 Å². The first-order chi connectivity index (χ1) is 13.3. The fraction of sp³-hybridized carbons (Fsp3) is 0.524. The van der Waals surface area contributed by atoms with E-state index >= 15 is 0 Å². The highest BCUT2D eigenvalue weighted by Gasteiger charge is 2.17. The summed E-state index contributed by atoms with van der Waals surface area (Å²) in [5.41, 5.74) is 2.11. The van der Waals surface area contributed by atoms with Crippen molar-refractivity contribution in [3.05, 3.63) is 53.9 Å². The van der Waals surface area contributed by atoms with Gasteiger partial charge < -0.3 is 15.7 Å². The molecule has 0 amide bonds. The molecule has 1 aliphatic carbocycles. The van der Waals surface area contributed by atoms with Crippen molar-refractivity contribution >= 4 is 29.9 Å². The number of rotatable bonds is 8. The van der Waals surface area contributed by atoms with Gasteiger partial charge in [-0.1, -0.05) is 43.2 Å². The quantitative estimate of drug-likeness (QED) is 0.297. The Labute approximate surface area is 184 Å². The molecule has 1 aromatic carbocycles. The average Bonchev–Trinajstić information content (AvgIpc) is 3.39. The van der Waals surface area contributed by atoms with E-state index in [-0.39, 0.29) is 36.5 Å². The molecule has 1 fully saturated rings. The number of benzene rings is 1. The first-order valence-electron chi connectivity index (χ1n) is 10.0. The van der Waals surface area contributed by atoms with E-state index in [1.807, 2.05) is 37.3 Å². The molecule has 0 aliphatic heterocycles. The molecule has 6 nitrogen and oxygen atoms in total. The van der Waals surface area contributed by atoms with Crippen LogP contribution < -0.4 is 10.6 Å². The number of nitrogens with zero attached hydrogens (tertiary/aromatic N) is 3. The summed E-state index contributed by atoms with van der Waals surface area (Å²) in [4.78, 5) is 4.66. The van der Waals surface area contributed by atoms with Gasteiger partial charge in [-0.2, -0.15) is 5.10 Å². The van der Waals surface area contributed by atoms with E-state index in [0.29, 0.717) is 19.1 Å². The predicted molar refractivity (Wildman–Crippen MR) is 124 cm³/mol. The normalized spacial score (nSPS) is 15.9. The number of hydrogen-bond acceptors (Lipinski definition) is 3. The minimum Gasteiger partial charge on any atom is -0.396 e. The van der Waals surface area contributed by atoms with Crippen molar-refractivity contribution in [3.8, 4) is 0 Å². The number of nitrogens with one attached hydrogen (secondary N) is 2. The molecule has 1 aliphatic rings. The van der Waals surface area contributed by atoms with Crippen LogP contribution in [0.2, 0.25) is 0 Å². The van der Waals surface area contributed by atoms with E-state index in [9.17, 15) is 5.11 Å². The number of aliphatic hydroxyl groups excluding tert-OH is 1. The van der Waals surface area contributed by atoms with Gasteiger partial charge in [0.2, 0.25) is 0 Å². The van der Waals surface area contributed by atoms with E-state index < -0.39 is 0 Å². The van der Waals surface area contributed by atoms with Crippen LogP contribution in [-0.4, -0.2) is 40.5 Å². The van der Waals surface area contributed by atoms with Crippen LogP contribution in [0.3, 0.4) is 0 Å². The summed E-state index contributed by atoms with van der Waals surface area (Å²) >= 11 is 0. The second kappa shape index (κ2) is 12.1. The number of guanidine groups is 1. The molecule has 3 N–H and O–H groups in total. The lowest BCUT2D eigenvalue weighted by Crippen LogP contribution is -2.40. The molecule has 0 saturated heterocycles. The Hall–Kier alpha value is -1.61. The highest BCUT2D eigenvalue weighted by molar-refractivity contribution is 14.0. The zero-order valence-electron chi connectivity index (χ0n) is 16.6. The first kappa shape index (κ1) is 22.7. The molecule has 1 heterocycles. The predicted octanol–water partition coefficient (Wildman–Crippen LogP) is 3.45. The molecular weight excluding hydrogens is 465 g/mol. The summed E-state index contributed by atoms with van der Waals surface area (Å²) in [5.74, 6) is 0.791. The molecule has 1 aromatic heterocycles. The lowest BCUT2D eigenvalue weighted by molar-refractivity contribution is 0.265. The van der Waals surface area contributed by atoms with Crippen LogP contribution in [0.5, 0.6) is 0 Å². The molecule has 7 heteroatoms. The van der Waals surface area contributed by atoms with Gasteiger partial charge in [-0.3, -0.25) is 4.68 Å². The SMILES string of the molecule is CCNC(=NCc1ccn(C2CCCC2)n1)NCC(CO)c1ccccc1.I. The Morgan fingerprint density at radius 2 is 1.96 bits per heavy atom.